The number of ketones is 1. The van der Waals surface area contributed by atoms with Gasteiger partial charge in [0, 0.05) is 17.4 Å². The molecule has 3 rings (SSSR count). The van der Waals surface area contributed by atoms with Crippen molar-refractivity contribution in [3.05, 3.63) is 47.8 Å². The van der Waals surface area contributed by atoms with Gasteiger partial charge in [0.25, 0.3) is 0 Å². The molecule has 2 aromatic rings. The summed E-state index contributed by atoms with van der Waals surface area (Å²) in [7, 11) is 0. The summed E-state index contributed by atoms with van der Waals surface area (Å²) in [6, 6.07) is 7.83. The fourth-order valence-corrected chi connectivity index (χ4v) is 2.76. The van der Waals surface area contributed by atoms with Gasteiger partial charge in [-0.05, 0) is 76.2 Å². The summed E-state index contributed by atoms with van der Waals surface area (Å²) < 4.78 is 6.01. The van der Waals surface area contributed by atoms with Crippen molar-refractivity contribution in [1.82, 2.24) is 15.3 Å². The Hall–Kier alpha value is -2.73. The normalized spacial score (nSPS) is 15.2. The van der Waals surface area contributed by atoms with E-state index in [2.05, 4.69) is 20.6 Å². The van der Waals surface area contributed by atoms with Gasteiger partial charge in [-0.2, -0.15) is 0 Å². The van der Waals surface area contributed by atoms with Crippen LogP contribution in [0.5, 0.6) is 5.75 Å². The van der Waals surface area contributed by atoms with Crippen LogP contribution in [0.4, 0.5) is 11.6 Å². The second kappa shape index (κ2) is 8.58. The molecule has 1 aromatic heterocycles. The number of allylic oxidation sites excluding steroid dienone is 1. The third-order valence-corrected chi connectivity index (χ3v) is 4.21. The van der Waals surface area contributed by atoms with Gasteiger partial charge in [-0.15, -0.1) is 0 Å². The predicted octanol–water partition coefficient (Wildman–Crippen LogP) is 3.26. The van der Waals surface area contributed by atoms with E-state index in [0.29, 0.717) is 5.95 Å². The minimum Gasteiger partial charge on any atom is -0.490 e. The van der Waals surface area contributed by atoms with Crippen LogP contribution in [0, 0.1) is 6.92 Å². The third kappa shape index (κ3) is 5.13. The first-order valence-corrected chi connectivity index (χ1v) is 8.87. The van der Waals surface area contributed by atoms with Gasteiger partial charge in [0.15, 0.2) is 5.78 Å². The van der Waals surface area contributed by atoms with E-state index >= 15 is 0 Å². The van der Waals surface area contributed by atoms with E-state index in [1.165, 1.54) is 13.0 Å². The van der Waals surface area contributed by atoms with Crippen molar-refractivity contribution in [3.8, 4) is 5.75 Å². The van der Waals surface area contributed by atoms with E-state index in [-0.39, 0.29) is 11.9 Å². The molecule has 1 aliphatic rings. The summed E-state index contributed by atoms with van der Waals surface area (Å²) in [6.45, 7) is 5.43. The maximum Gasteiger partial charge on any atom is 0.227 e. The molecular formula is C20H24N4O2. The smallest absolute Gasteiger partial charge is 0.227 e. The Morgan fingerprint density at radius 1 is 1.27 bits per heavy atom. The summed E-state index contributed by atoms with van der Waals surface area (Å²) in [5.74, 6) is 1.40. The van der Waals surface area contributed by atoms with E-state index in [9.17, 15) is 4.79 Å². The van der Waals surface area contributed by atoms with Crippen LogP contribution in [0.2, 0.25) is 0 Å². The van der Waals surface area contributed by atoms with Crippen molar-refractivity contribution >= 4 is 23.5 Å². The highest BCUT2D eigenvalue weighted by Crippen LogP contribution is 2.21. The van der Waals surface area contributed by atoms with E-state index in [1.807, 2.05) is 31.2 Å². The molecule has 0 bridgehead atoms. The molecule has 1 fully saturated rings. The van der Waals surface area contributed by atoms with Crippen molar-refractivity contribution < 1.29 is 9.53 Å². The number of ether oxygens (including phenoxy) is 1. The molecule has 1 aromatic carbocycles. The SMILES string of the molecule is CC(=O)/C=C\c1cnc(Nc2ccc(OC3CCNCC3)cc2)nc1C. The summed E-state index contributed by atoms with van der Waals surface area (Å²) >= 11 is 0. The molecule has 2 N–H and O–H groups in total. The van der Waals surface area contributed by atoms with E-state index in [4.69, 9.17) is 4.74 Å². The molecule has 0 atom stereocenters. The van der Waals surface area contributed by atoms with Crippen LogP contribution in [0.25, 0.3) is 6.08 Å². The Kier molecular flexibility index (Phi) is 5.96. The number of carbonyl (C=O) groups is 1. The molecule has 2 heterocycles. The minimum absolute atomic E-state index is 0.00148. The number of hydrogen-bond donors (Lipinski definition) is 2. The van der Waals surface area contributed by atoms with Gasteiger partial charge >= 0.3 is 0 Å². The van der Waals surface area contributed by atoms with Crippen molar-refractivity contribution in [3.63, 3.8) is 0 Å². The first-order valence-electron chi connectivity index (χ1n) is 8.87. The maximum absolute atomic E-state index is 11.0. The first kappa shape index (κ1) is 18.1. The van der Waals surface area contributed by atoms with Crippen molar-refractivity contribution in [1.29, 1.82) is 0 Å². The molecule has 6 nitrogen and oxygen atoms in total. The highest BCUT2D eigenvalue weighted by Gasteiger charge is 2.14. The highest BCUT2D eigenvalue weighted by molar-refractivity contribution is 5.91. The van der Waals surface area contributed by atoms with Crippen LogP contribution in [0.15, 0.2) is 36.5 Å². The first-order chi connectivity index (χ1) is 12.6. The lowest BCUT2D eigenvalue weighted by molar-refractivity contribution is -0.112. The summed E-state index contributed by atoms with van der Waals surface area (Å²) in [6.07, 6.45) is 7.32. The number of aryl methyl sites for hydroxylation is 1. The van der Waals surface area contributed by atoms with Crippen LogP contribution in [-0.4, -0.2) is 34.9 Å². The van der Waals surface area contributed by atoms with Gasteiger partial charge in [-0.3, -0.25) is 4.79 Å². The van der Waals surface area contributed by atoms with E-state index in [0.717, 1.165) is 48.6 Å². The van der Waals surface area contributed by atoms with Crippen LogP contribution in [0.3, 0.4) is 0 Å². The number of anilines is 2. The lowest BCUT2D eigenvalue weighted by Crippen LogP contribution is -2.34. The zero-order valence-corrected chi connectivity index (χ0v) is 15.2. The molecule has 0 spiro atoms. The number of carbonyl (C=O) groups excluding carboxylic acids is 1. The fourth-order valence-electron chi connectivity index (χ4n) is 2.76. The maximum atomic E-state index is 11.0. The standard InChI is InChI=1S/C20H24N4O2/c1-14(25)3-4-16-13-22-20(23-15(16)2)24-17-5-7-18(8-6-17)26-19-9-11-21-12-10-19/h3-8,13,19,21H,9-12H2,1-2H3,(H,22,23,24)/b4-3-. The zero-order valence-electron chi connectivity index (χ0n) is 15.2. The molecule has 6 heteroatoms. The number of piperidine rings is 1. The zero-order chi connectivity index (χ0) is 18.4. The Labute approximate surface area is 153 Å². The Morgan fingerprint density at radius 3 is 2.65 bits per heavy atom. The minimum atomic E-state index is -0.00148. The lowest BCUT2D eigenvalue weighted by Gasteiger charge is -2.23. The van der Waals surface area contributed by atoms with E-state index < -0.39 is 0 Å². The predicted molar refractivity (Wildman–Crippen MR) is 103 cm³/mol. The quantitative estimate of drug-likeness (QED) is 0.777. The van der Waals surface area contributed by atoms with Crippen LogP contribution < -0.4 is 15.4 Å². The van der Waals surface area contributed by atoms with Crippen molar-refractivity contribution in [2.45, 2.75) is 32.8 Å². The molecule has 0 radical (unpaired) electrons. The van der Waals surface area contributed by atoms with Crippen molar-refractivity contribution in [2.75, 3.05) is 18.4 Å². The van der Waals surface area contributed by atoms with Crippen LogP contribution in [-0.2, 0) is 4.79 Å². The van der Waals surface area contributed by atoms with Gasteiger partial charge in [0.2, 0.25) is 5.95 Å². The summed E-state index contributed by atoms with van der Waals surface area (Å²) in [4.78, 5) is 19.8. The molecule has 0 aliphatic carbocycles. The second-order valence-corrected chi connectivity index (χ2v) is 6.39. The highest BCUT2D eigenvalue weighted by atomic mass is 16.5. The molecule has 26 heavy (non-hydrogen) atoms. The molecular weight excluding hydrogens is 328 g/mol. The average molecular weight is 352 g/mol. The topological polar surface area (TPSA) is 76.1 Å². The summed E-state index contributed by atoms with van der Waals surface area (Å²) in [5.41, 5.74) is 2.54. The molecule has 0 saturated carbocycles. The monoisotopic (exact) mass is 352 g/mol. The van der Waals surface area contributed by atoms with Crippen LogP contribution >= 0.6 is 0 Å². The molecule has 1 saturated heterocycles. The molecule has 1 aliphatic heterocycles. The Bertz CT molecular complexity index is 781. The fraction of sp³-hybridized carbons (Fsp3) is 0.350. The second-order valence-electron chi connectivity index (χ2n) is 6.39. The van der Waals surface area contributed by atoms with Gasteiger partial charge in [0.1, 0.15) is 11.9 Å². The van der Waals surface area contributed by atoms with Crippen molar-refractivity contribution in [2.24, 2.45) is 0 Å². The van der Waals surface area contributed by atoms with Gasteiger partial charge < -0.3 is 15.4 Å². The Balaban J connectivity index is 1.61. The number of aromatic nitrogens is 2. The molecule has 0 amide bonds. The van der Waals surface area contributed by atoms with Gasteiger partial charge in [-0.25, -0.2) is 9.97 Å². The number of rotatable bonds is 6. The molecule has 0 unspecified atom stereocenters. The number of nitrogens with zero attached hydrogens (tertiary/aromatic N) is 2. The van der Waals surface area contributed by atoms with Gasteiger partial charge in [0.05, 0.1) is 5.69 Å². The number of nitrogens with one attached hydrogen (secondary N) is 2. The Morgan fingerprint density at radius 2 is 2.00 bits per heavy atom. The third-order valence-electron chi connectivity index (χ3n) is 4.21. The largest absolute Gasteiger partial charge is 0.490 e. The average Bonchev–Trinajstić information content (AvgIpc) is 2.63. The van der Waals surface area contributed by atoms with Crippen LogP contribution in [0.1, 0.15) is 31.0 Å². The van der Waals surface area contributed by atoms with E-state index in [1.54, 1.807) is 12.3 Å². The number of hydrogen-bond acceptors (Lipinski definition) is 6. The van der Waals surface area contributed by atoms with Gasteiger partial charge in [-0.1, -0.05) is 0 Å². The molecule has 136 valence electrons. The lowest BCUT2D eigenvalue weighted by atomic mass is 10.1. The number of benzene rings is 1. The summed E-state index contributed by atoms with van der Waals surface area (Å²) in [5, 5.41) is 6.52.